The lowest BCUT2D eigenvalue weighted by atomic mass is 10.1. The molecule has 0 aliphatic rings. The zero-order chi connectivity index (χ0) is 6.69. The van der Waals surface area contributed by atoms with E-state index in [-0.39, 0.29) is 0 Å². The van der Waals surface area contributed by atoms with Crippen LogP contribution in [0, 0.1) is 0 Å². The van der Waals surface area contributed by atoms with Crippen LogP contribution in [0.2, 0.25) is 0 Å². The summed E-state index contributed by atoms with van der Waals surface area (Å²) >= 11 is 0. The molecule has 0 unspecified atom stereocenters. The van der Waals surface area contributed by atoms with Crippen molar-refractivity contribution in [2.45, 2.75) is 26.2 Å². The zero-order valence-corrected chi connectivity index (χ0v) is 6.02. The smallest absolute Gasteiger partial charge is 0.0175 e. The maximum Gasteiger partial charge on any atom is 0.0175 e. The van der Waals surface area contributed by atoms with E-state index >= 15 is 0 Å². The van der Waals surface area contributed by atoms with Crippen LogP contribution in [0.25, 0.3) is 0 Å². The Kier molecular flexibility index (Phi) is 1.93. The van der Waals surface area contributed by atoms with E-state index in [4.69, 9.17) is 0 Å². The van der Waals surface area contributed by atoms with Crippen LogP contribution in [-0.2, 0) is 0 Å². The lowest BCUT2D eigenvalue weighted by Gasteiger charge is -2.03. The molecule has 0 fully saturated rings. The van der Waals surface area contributed by atoms with Gasteiger partial charge < -0.3 is 4.98 Å². The van der Waals surface area contributed by atoms with Gasteiger partial charge in [0.2, 0.25) is 0 Å². The van der Waals surface area contributed by atoms with Gasteiger partial charge in [-0.05, 0) is 24.5 Å². The first-order chi connectivity index (χ1) is 4.34. The molecule has 1 aromatic rings. The zero-order valence-electron chi connectivity index (χ0n) is 6.02. The van der Waals surface area contributed by atoms with E-state index in [1.807, 2.05) is 12.3 Å². The molecular weight excluding hydrogens is 110 g/mol. The molecule has 1 N–H and O–H groups in total. The number of H-pyrrole nitrogens is 1. The number of nitrogens with one attached hydrogen (secondary N) is 1. The van der Waals surface area contributed by atoms with Gasteiger partial charge in [-0.15, -0.1) is 0 Å². The average Bonchev–Trinajstić information content (AvgIpc) is 2.37. The monoisotopic (exact) mass is 123 g/mol. The molecule has 0 aromatic carbocycles. The predicted octanol–water partition coefficient (Wildman–Crippen LogP) is 2.53. The second-order valence-corrected chi connectivity index (χ2v) is 2.43. The molecule has 0 aliphatic carbocycles. The van der Waals surface area contributed by atoms with Gasteiger partial charge in [-0.25, -0.2) is 0 Å². The van der Waals surface area contributed by atoms with Gasteiger partial charge in [-0.2, -0.15) is 0 Å². The maximum absolute atomic E-state index is 3.19. The van der Waals surface area contributed by atoms with Crippen molar-refractivity contribution in [3.63, 3.8) is 0 Å². The molecule has 0 saturated carbocycles. The number of hydrogen-bond donors (Lipinski definition) is 1. The Labute approximate surface area is 56.1 Å². The normalized spacial score (nSPS) is 13.6. The Morgan fingerprint density at radius 2 is 2.44 bits per heavy atom. The Bertz CT molecular complexity index is 153. The third kappa shape index (κ3) is 1.35. The number of hydrogen-bond acceptors (Lipinski definition) is 0. The van der Waals surface area contributed by atoms with Crippen LogP contribution < -0.4 is 0 Å². The summed E-state index contributed by atoms with van der Waals surface area (Å²) in [5.74, 6) is 0.681. The first-order valence-corrected chi connectivity index (χ1v) is 3.48. The van der Waals surface area contributed by atoms with Crippen LogP contribution in [0.5, 0.6) is 0 Å². The molecule has 1 rings (SSSR count). The molecule has 1 aromatic heterocycles. The molecule has 0 spiro atoms. The largest absolute Gasteiger partial charge is 0.365 e. The van der Waals surface area contributed by atoms with Gasteiger partial charge in [0.15, 0.2) is 0 Å². The van der Waals surface area contributed by atoms with Crippen LogP contribution in [0.1, 0.15) is 31.9 Å². The van der Waals surface area contributed by atoms with Crippen molar-refractivity contribution in [1.82, 2.24) is 4.98 Å². The van der Waals surface area contributed by atoms with Crippen molar-refractivity contribution in [2.75, 3.05) is 0 Å². The van der Waals surface area contributed by atoms with Gasteiger partial charge >= 0.3 is 0 Å². The van der Waals surface area contributed by atoms with Crippen molar-refractivity contribution < 1.29 is 0 Å². The number of aromatic nitrogens is 1. The molecule has 1 atom stereocenters. The lowest BCUT2D eigenvalue weighted by Crippen LogP contribution is -1.89. The fourth-order valence-corrected chi connectivity index (χ4v) is 0.871. The predicted molar refractivity (Wildman–Crippen MR) is 39.5 cm³/mol. The fourth-order valence-electron chi connectivity index (χ4n) is 0.871. The highest BCUT2D eigenvalue weighted by Gasteiger charge is 2.00. The van der Waals surface area contributed by atoms with Crippen molar-refractivity contribution in [1.29, 1.82) is 0 Å². The Balaban J connectivity index is 2.65. The van der Waals surface area contributed by atoms with Crippen LogP contribution in [0.15, 0.2) is 18.3 Å². The van der Waals surface area contributed by atoms with Gasteiger partial charge in [-0.3, -0.25) is 0 Å². The van der Waals surface area contributed by atoms with Crippen LogP contribution in [-0.4, -0.2) is 4.98 Å². The summed E-state index contributed by atoms with van der Waals surface area (Å²) in [5, 5.41) is 0. The molecule has 0 amide bonds. The number of aromatic amines is 1. The quantitative estimate of drug-likeness (QED) is 0.622. The lowest BCUT2D eigenvalue weighted by molar-refractivity contribution is 0.713. The second kappa shape index (κ2) is 2.72. The minimum atomic E-state index is 0.681. The summed E-state index contributed by atoms with van der Waals surface area (Å²) in [6.07, 6.45) is 3.18. The molecule has 1 nitrogen and oxygen atoms in total. The first kappa shape index (κ1) is 6.40. The second-order valence-electron chi connectivity index (χ2n) is 2.43. The molecule has 0 aliphatic heterocycles. The van der Waals surface area contributed by atoms with E-state index < -0.39 is 0 Å². The highest BCUT2D eigenvalue weighted by molar-refractivity contribution is 5.08. The first-order valence-electron chi connectivity index (χ1n) is 3.48. The van der Waals surface area contributed by atoms with E-state index in [0.717, 1.165) is 0 Å². The fraction of sp³-hybridized carbons (Fsp3) is 0.500. The molecule has 0 bridgehead atoms. The number of rotatable bonds is 2. The van der Waals surface area contributed by atoms with E-state index in [1.54, 1.807) is 0 Å². The van der Waals surface area contributed by atoms with Crippen molar-refractivity contribution in [3.8, 4) is 0 Å². The summed E-state index contributed by atoms with van der Waals surface area (Å²) < 4.78 is 0. The van der Waals surface area contributed by atoms with Gasteiger partial charge in [0.05, 0.1) is 0 Å². The van der Waals surface area contributed by atoms with Crippen LogP contribution >= 0.6 is 0 Å². The molecular formula is C8H13N. The van der Waals surface area contributed by atoms with Gasteiger partial charge in [0.1, 0.15) is 0 Å². The molecule has 1 heteroatoms. The summed E-state index contributed by atoms with van der Waals surface area (Å²) in [5.41, 5.74) is 1.34. The van der Waals surface area contributed by atoms with Gasteiger partial charge in [0, 0.05) is 11.9 Å². The minimum Gasteiger partial charge on any atom is -0.365 e. The third-order valence-corrected chi connectivity index (χ3v) is 1.77. The Morgan fingerprint density at radius 3 is 2.89 bits per heavy atom. The van der Waals surface area contributed by atoms with Gasteiger partial charge in [-0.1, -0.05) is 13.8 Å². The molecule has 50 valence electrons. The Morgan fingerprint density at radius 1 is 1.67 bits per heavy atom. The standard InChI is InChI=1S/C8H13N/c1-3-7(2)8-5-4-6-9-8/h4-7,9H,3H2,1-2H3/t7-/m0/s1. The van der Waals surface area contributed by atoms with Crippen molar-refractivity contribution in [3.05, 3.63) is 24.0 Å². The van der Waals surface area contributed by atoms with Crippen LogP contribution in [0.3, 0.4) is 0 Å². The highest BCUT2D eigenvalue weighted by atomic mass is 14.7. The summed E-state index contributed by atoms with van der Waals surface area (Å²) in [6.45, 7) is 4.43. The van der Waals surface area contributed by atoms with Crippen LogP contribution in [0.4, 0.5) is 0 Å². The molecule has 9 heavy (non-hydrogen) atoms. The third-order valence-electron chi connectivity index (χ3n) is 1.77. The van der Waals surface area contributed by atoms with E-state index in [2.05, 4.69) is 24.9 Å². The molecule has 1 heterocycles. The highest BCUT2D eigenvalue weighted by Crippen LogP contribution is 2.14. The average molecular weight is 123 g/mol. The summed E-state index contributed by atoms with van der Waals surface area (Å²) in [7, 11) is 0. The van der Waals surface area contributed by atoms with Gasteiger partial charge in [0.25, 0.3) is 0 Å². The van der Waals surface area contributed by atoms with Crippen molar-refractivity contribution in [2.24, 2.45) is 0 Å². The van der Waals surface area contributed by atoms with E-state index in [0.29, 0.717) is 5.92 Å². The minimum absolute atomic E-state index is 0.681. The van der Waals surface area contributed by atoms with E-state index in [1.165, 1.54) is 12.1 Å². The topological polar surface area (TPSA) is 15.8 Å². The van der Waals surface area contributed by atoms with Crippen molar-refractivity contribution >= 4 is 0 Å². The summed E-state index contributed by atoms with van der Waals surface area (Å²) in [6, 6.07) is 4.18. The molecule has 0 saturated heterocycles. The molecule has 0 radical (unpaired) electrons. The SMILES string of the molecule is CC[C@H](C)c1ccc[nH]1. The summed E-state index contributed by atoms with van der Waals surface area (Å²) in [4.78, 5) is 3.19. The Hall–Kier alpha value is -0.720. The van der Waals surface area contributed by atoms with E-state index in [9.17, 15) is 0 Å². The maximum atomic E-state index is 3.19.